The van der Waals surface area contributed by atoms with E-state index in [0.29, 0.717) is 28.1 Å². The normalized spacial score (nSPS) is 22.3. The largest absolute Gasteiger partial charge is 0.393 e. The Hall–Kier alpha value is -1.03. The zero-order valence-electron chi connectivity index (χ0n) is 10.3. The predicted octanol–water partition coefficient (Wildman–Crippen LogP) is 2.89. The maximum Gasteiger partial charge on any atom is 0.244 e. The van der Waals surface area contributed by atoms with E-state index >= 15 is 0 Å². The molecule has 1 aromatic rings. The molecule has 0 aliphatic heterocycles. The molecule has 2 N–H and O–H groups in total. The van der Waals surface area contributed by atoms with E-state index < -0.39 is 0 Å². The zero-order chi connectivity index (χ0) is 13.8. The Morgan fingerprint density at radius 1 is 1.37 bits per heavy atom. The standard InChI is InChI=1S/C14H15Cl2NO2/c15-12-2-1-3-13(16)11(12)4-5-14(19)17-8-9-6-10(18)7-9/h1-5,9-10,18H,6-8H2,(H,17,19). The molecule has 1 aliphatic carbocycles. The smallest absolute Gasteiger partial charge is 0.244 e. The van der Waals surface area contributed by atoms with Crippen LogP contribution in [0.3, 0.4) is 0 Å². The van der Waals surface area contributed by atoms with Gasteiger partial charge >= 0.3 is 0 Å². The summed E-state index contributed by atoms with van der Waals surface area (Å²) >= 11 is 12.0. The molecule has 0 spiro atoms. The van der Waals surface area contributed by atoms with E-state index in [1.165, 1.54) is 6.08 Å². The highest BCUT2D eigenvalue weighted by Gasteiger charge is 2.26. The molecular formula is C14H15Cl2NO2. The second kappa shape index (κ2) is 6.42. The van der Waals surface area contributed by atoms with Crippen molar-refractivity contribution in [3.05, 3.63) is 39.9 Å². The first-order valence-electron chi connectivity index (χ1n) is 6.14. The number of aliphatic hydroxyl groups is 1. The Balaban J connectivity index is 1.86. The molecule has 0 radical (unpaired) electrons. The molecule has 1 saturated carbocycles. The molecule has 5 heteroatoms. The van der Waals surface area contributed by atoms with Crippen LogP contribution in [0.2, 0.25) is 10.0 Å². The first-order chi connectivity index (χ1) is 9.06. The third kappa shape index (κ3) is 3.96. The van der Waals surface area contributed by atoms with Crippen LogP contribution < -0.4 is 5.32 Å². The summed E-state index contributed by atoms with van der Waals surface area (Å²) in [5, 5.41) is 13.0. The number of carbonyl (C=O) groups excluding carboxylic acids is 1. The number of hydrogen-bond donors (Lipinski definition) is 2. The second-order valence-electron chi connectivity index (χ2n) is 4.71. The molecule has 2 rings (SSSR count). The Kier molecular flexibility index (Phi) is 4.86. The minimum absolute atomic E-state index is 0.183. The highest BCUT2D eigenvalue weighted by molar-refractivity contribution is 6.37. The topological polar surface area (TPSA) is 49.3 Å². The Bertz CT molecular complexity index is 476. The van der Waals surface area contributed by atoms with Gasteiger partial charge in [0.15, 0.2) is 0 Å². The molecule has 1 amide bonds. The Labute approximate surface area is 122 Å². The number of nitrogens with one attached hydrogen (secondary N) is 1. The van der Waals surface area contributed by atoms with Crippen molar-refractivity contribution in [2.24, 2.45) is 5.92 Å². The van der Waals surface area contributed by atoms with E-state index in [9.17, 15) is 4.79 Å². The quantitative estimate of drug-likeness (QED) is 0.840. The highest BCUT2D eigenvalue weighted by atomic mass is 35.5. The summed E-state index contributed by atoms with van der Waals surface area (Å²) in [6.07, 6.45) is 4.36. The van der Waals surface area contributed by atoms with Gasteiger partial charge in [-0.3, -0.25) is 4.79 Å². The van der Waals surface area contributed by atoms with Gasteiger partial charge in [0.25, 0.3) is 0 Å². The monoisotopic (exact) mass is 299 g/mol. The van der Waals surface area contributed by atoms with E-state index in [-0.39, 0.29) is 12.0 Å². The third-order valence-electron chi connectivity index (χ3n) is 3.18. The molecule has 3 nitrogen and oxygen atoms in total. The number of rotatable bonds is 4. The second-order valence-corrected chi connectivity index (χ2v) is 5.52. The summed E-state index contributed by atoms with van der Waals surface area (Å²) in [4.78, 5) is 11.6. The Morgan fingerprint density at radius 3 is 2.58 bits per heavy atom. The van der Waals surface area contributed by atoms with Gasteiger partial charge in [-0.1, -0.05) is 29.3 Å². The number of halogens is 2. The molecule has 1 fully saturated rings. The summed E-state index contributed by atoms with van der Waals surface area (Å²) in [6, 6.07) is 5.20. The van der Waals surface area contributed by atoms with E-state index in [1.807, 2.05) is 0 Å². The summed E-state index contributed by atoms with van der Waals surface area (Å²) in [5.74, 6) is 0.202. The maximum absolute atomic E-state index is 11.6. The van der Waals surface area contributed by atoms with Gasteiger partial charge in [0, 0.05) is 28.2 Å². The van der Waals surface area contributed by atoms with Crippen molar-refractivity contribution in [3.63, 3.8) is 0 Å². The van der Waals surface area contributed by atoms with Crippen LogP contribution >= 0.6 is 23.2 Å². The van der Waals surface area contributed by atoms with Crippen LogP contribution in [0.15, 0.2) is 24.3 Å². The van der Waals surface area contributed by atoms with E-state index in [0.717, 1.165) is 12.8 Å². The summed E-state index contributed by atoms with van der Waals surface area (Å²) in [5.41, 5.74) is 0.639. The summed E-state index contributed by atoms with van der Waals surface area (Å²) in [7, 11) is 0. The van der Waals surface area contributed by atoms with Gasteiger partial charge in [0.1, 0.15) is 0 Å². The van der Waals surface area contributed by atoms with Crippen molar-refractivity contribution in [1.29, 1.82) is 0 Å². The summed E-state index contributed by atoms with van der Waals surface area (Å²) in [6.45, 7) is 0.594. The number of aliphatic hydroxyl groups excluding tert-OH is 1. The minimum atomic E-state index is -0.195. The number of hydrogen-bond acceptors (Lipinski definition) is 2. The van der Waals surface area contributed by atoms with E-state index in [4.69, 9.17) is 28.3 Å². The lowest BCUT2D eigenvalue weighted by Gasteiger charge is -2.31. The fraction of sp³-hybridized carbons (Fsp3) is 0.357. The molecule has 0 atom stereocenters. The van der Waals surface area contributed by atoms with Crippen molar-refractivity contribution in [2.45, 2.75) is 18.9 Å². The highest BCUT2D eigenvalue weighted by Crippen LogP contribution is 2.26. The van der Waals surface area contributed by atoms with Crippen LogP contribution in [-0.4, -0.2) is 23.7 Å². The van der Waals surface area contributed by atoms with Gasteiger partial charge in [-0.05, 0) is 37.0 Å². The first-order valence-corrected chi connectivity index (χ1v) is 6.90. The van der Waals surface area contributed by atoms with Crippen molar-refractivity contribution in [2.75, 3.05) is 6.54 Å². The van der Waals surface area contributed by atoms with Crippen LogP contribution in [0.4, 0.5) is 0 Å². The predicted molar refractivity (Wildman–Crippen MR) is 77.2 cm³/mol. The van der Waals surface area contributed by atoms with Crippen LogP contribution in [0, 0.1) is 5.92 Å². The fourth-order valence-corrected chi connectivity index (χ4v) is 2.52. The average molecular weight is 300 g/mol. The van der Waals surface area contributed by atoms with Gasteiger partial charge < -0.3 is 10.4 Å². The lowest BCUT2D eigenvalue weighted by molar-refractivity contribution is -0.117. The van der Waals surface area contributed by atoms with Crippen molar-refractivity contribution >= 4 is 35.2 Å². The molecule has 1 aliphatic rings. The molecule has 0 aromatic heterocycles. The maximum atomic E-state index is 11.6. The van der Waals surface area contributed by atoms with Gasteiger partial charge in [0.05, 0.1) is 6.10 Å². The van der Waals surface area contributed by atoms with Gasteiger partial charge in [-0.2, -0.15) is 0 Å². The summed E-state index contributed by atoms with van der Waals surface area (Å²) < 4.78 is 0. The Morgan fingerprint density at radius 2 is 2.00 bits per heavy atom. The lowest BCUT2D eigenvalue weighted by Crippen LogP contribution is -2.37. The van der Waals surface area contributed by atoms with Crippen molar-refractivity contribution < 1.29 is 9.90 Å². The van der Waals surface area contributed by atoms with E-state index in [1.54, 1.807) is 24.3 Å². The molecule has 0 heterocycles. The van der Waals surface area contributed by atoms with Crippen LogP contribution in [-0.2, 0) is 4.79 Å². The molecule has 19 heavy (non-hydrogen) atoms. The average Bonchev–Trinajstić information content (AvgIpc) is 2.32. The number of amides is 1. The molecule has 102 valence electrons. The lowest BCUT2D eigenvalue weighted by atomic mass is 9.82. The zero-order valence-corrected chi connectivity index (χ0v) is 11.8. The molecule has 0 bridgehead atoms. The van der Waals surface area contributed by atoms with Crippen LogP contribution in [0.25, 0.3) is 6.08 Å². The van der Waals surface area contributed by atoms with Gasteiger partial charge in [0.2, 0.25) is 5.91 Å². The van der Waals surface area contributed by atoms with Crippen LogP contribution in [0.1, 0.15) is 18.4 Å². The SMILES string of the molecule is O=C(C=Cc1c(Cl)cccc1Cl)NCC1CC(O)C1. The first kappa shape index (κ1) is 14.4. The number of carbonyl (C=O) groups is 1. The third-order valence-corrected chi connectivity index (χ3v) is 3.84. The van der Waals surface area contributed by atoms with E-state index in [2.05, 4.69) is 5.32 Å². The van der Waals surface area contributed by atoms with Crippen molar-refractivity contribution in [1.82, 2.24) is 5.32 Å². The molecule has 0 saturated heterocycles. The van der Waals surface area contributed by atoms with Gasteiger partial charge in [-0.25, -0.2) is 0 Å². The number of benzene rings is 1. The van der Waals surface area contributed by atoms with Crippen molar-refractivity contribution in [3.8, 4) is 0 Å². The molecule has 0 unspecified atom stereocenters. The van der Waals surface area contributed by atoms with Gasteiger partial charge in [-0.15, -0.1) is 0 Å². The molecule has 1 aromatic carbocycles. The minimum Gasteiger partial charge on any atom is -0.393 e. The fourth-order valence-electron chi connectivity index (χ4n) is 2.00. The molecular weight excluding hydrogens is 285 g/mol. The van der Waals surface area contributed by atoms with Crippen LogP contribution in [0.5, 0.6) is 0 Å².